The van der Waals surface area contributed by atoms with Gasteiger partial charge in [0.1, 0.15) is 11.4 Å². The fourth-order valence-electron chi connectivity index (χ4n) is 3.70. The van der Waals surface area contributed by atoms with Gasteiger partial charge in [-0.15, -0.1) is 0 Å². The van der Waals surface area contributed by atoms with Crippen molar-refractivity contribution in [1.82, 2.24) is 19.8 Å². The second kappa shape index (κ2) is 8.42. The summed E-state index contributed by atoms with van der Waals surface area (Å²) in [6.07, 6.45) is 5.65. The number of aryl methyl sites for hydroxylation is 1. The average Bonchev–Trinajstić information content (AvgIpc) is 2.62. The number of aromatic nitrogens is 2. The number of hydrogen-bond acceptors (Lipinski definition) is 6. The molecule has 0 unspecified atom stereocenters. The van der Waals surface area contributed by atoms with Crippen LogP contribution in [0.25, 0.3) is 0 Å². The van der Waals surface area contributed by atoms with Gasteiger partial charge in [0.15, 0.2) is 0 Å². The van der Waals surface area contributed by atoms with Crippen LogP contribution in [-0.2, 0) is 4.74 Å². The van der Waals surface area contributed by atoms with Crippen molar-refractivity contribution in [2.75, 3.05) is 50.7 Å². The van der Waals surface area contributed by atoms with Crippen molar-refractivity contribution in [3.8, 4) is 0 Å². The van der Waals surface area contributed by atoms with Crippen molar-refractivity contribution in [3.63, 3.8) is 0 Å². The molecule has 0 spiro atoms. The number of rotatable bonds is 3. The summed E-state index contributed by atoms with van der Waals surface area (Å²) in [5.74, 6) is 1.64. The molecule has 0 saturated carbocycles. The van der Waals surface area contributed by atoms with Crippen LogP contribution in [0.2, 0.25) is 0 Å². The second-order valence-electron chi connectivity index (χ2n) is 8.71. The van der Waals surface area contributed by atoms with Crippen LogP contribution in [0.15, 0.2) is 12.4 Å². The van der Waals surface area contributed by atoms with Gasteiger partial charge >= 0.3 is 6.09 Å². The van der Waals surface area contributed by atoms with E-state index >= 15 is 0 Å². The first-order chi connectivity index (χ1) is 12.8. The number of anilines is 1. The summed E-state index contributed by atoms with van der Waals surface area (Å²) in [6, 6.07) is 0. The Morgan fingerprint density at radius 2 is 1.74 bits per heavy atom. The zero-order chi connectivity index (χ0) is 19.4. The van der Waals surface area contributed by atoms with Crippen molar-refractivity contribution in [2.24, 2.45) is 5.92 Å². The number of nitrogens with zero attached hydrogens (tertiary/aromatic N) is 5. The van der Waals surface area contributed by atoms with Gasteiger partial charge in [0.2, 0.25) is 0 Å². The fraction of sp³-hybridized carbons (Fsp3) is 0.750. The van der Waals surface area contributed by atoms with Crippen LogP contribution in [0.3, 0.4) is 0 Å². The summed E-state index contributed by atoms with van der Waals surface area (Å²) in [5, 5.41) is 0. The molecule has 1 aromatic rings. The second-order valence-corrected chi connectivity index (χ2v) is 8.71. The van der Waals surface area contributed by atoms with Crippen molar-refractivity contribution in [3.05, 3.63) is 18.1 Å². The summed E-state index contributed by atoms with van der Waals surface area (Å²) < 4.78 is 5.48. The van der Waals surface area contributed by atoms with Gasteiger partial charge < -0.3 is 14.5 Å². The van der Waals surface area contributed by atoms with E-state index in [9.17, 15) is 4.79 Å². The first-order valence-electron chi connectivity index (χ1n) is 10.0. The lowest BCUT2D eigenvalue weighted by Gasteiger charge is -2.39. The molecule has 27 heavy (non-hydrogen) atoms. The van der Waals surface area contributed by atoms with Gasteiger partial charge in [-0.1, -0.05) is 0 Å². The third-order valence-corrected chi connectivity index (χ3v) is 5.25. The molecular formula is C20H33N5O2. The minimum absolute atomic E-state index is 0.172. The van der Waals surface area contributed by atoms with E-state index in [1.807, 2.05) is 45.0 Å². The molecule has 1 amide bonds. The molecule has 3 heterocycles. The predicted octanol–water partition coefficient (Wildman–Crippen LogP) is 2.55. The van der Waals surface area contributed by atoms with E-state index in [0.717, 1.165) is 70.2 Å². The summed E-state index contributed by atoms with van der Waals surface area (Å²) in [5.41, 5.74) is 0.533. The number of piperazine rings is 1. The molecule has 3 rings (SSSR count). The minimum atomic E-state index is -0.421. The van der Waals surface area contributed by atoms with E-state index in [1.54, 1.807) is 0 Å². The van der Waals surface area contributed by atoms with Crippen molar-refractivity contribution in [2.45, 2.75) is 46.1 Å². The SMILES string of the molecule is Cc1cnc(N2CCN(CC3CCN(C(=O)OC(C)(C)C)CC3)CC2)cn1. The van der Waals surface area contributed by atoms with Gasteiger partial charge in [-0.2, -0.15) is 0 Å². The summed E-state index contributed by atoms with van der Waals surface area (Å²) in [6.45, 7) is 14.5. The lowest BCUT2D eigenvalue weighted by molar-refractivity contribution is 0.0169. The molecule has 2 aliphatic rings. The van der Waals surface area contributed by atoms with E-state index in [-0.39, 0.29) is 6.09 Å². The van der Waals surface area contributed by atoms with Crippen molar-refractivity contribution < 1.29 is 9.53 Å². The summed E-state index contributed by atoms with van der Waals surface area (Å²) >= 11 is 0. The topological polar surface area (TPSA) is 61.8 Å². The van der Waals surface area contributed by atoms with Gasteiger partial charge in [0, 0.05) is 45.8 Å². The van der Waals surface area contributed by atoms with Gasteiger partial charge in [-0.25, -0.2) is 9.78 Å². The molecule has 7 nitrogen and oxygen atoms in total. The van der Waals surface area contributed by atoms with Crippen LogP contribution in [0, 0.1) is 12.8 Å². The van der Waals surface area contributed by atoms with Crippen molar-refractivity contribution in [1.29, 1.82) is 0 Å². The Morgan fingerprint density at radius 1 is 1.07 bits per heavy atom. The highest BCUT2D eigenvalue weighted by Gasteiger charge is 2.28. The molecule has 2 aliphatic heterocycles. The van der Waals surface area contributed by atoms with Crippen molar-refractivity contribution >= 4 is 11.9 Å². The monoisotopic (exact) mass is 375 g/mol. The lowest BCUT2D eigenvalue weighted by Crippen LogP contribution is -2.49. The maximum absolute atomic E-state index is 12.2. The lowest BCUT2D eigenvalue weighted by atomic mass is 9.96. The molecule has 0 radical (unpaired) electrons. The Bertz CT molecular complexity index is 612. The Labute approximate surface area is 162 Å². The highest BCUT2D eigenvalue weighted by Crippen LogP contribution is 2.22. The van der Waals surface area contributed by atoms with Gasteiger partial charge in [0.05, 0.1) is 18.1 Å². The van der Waals surface area contributed by atoms with E-state index < -0.39 is 5.60 Å². The van der Waals surface area contributed by atoms with E-state index in [2.05, 4.69) is 19.8 Å². The maximum Gasteiger partial charge on any atom is 0.410 e. The molecule has 2 saturated heterocycles. The Hall–Kier alpha value is -1.89. The zero-order valence-electron chi connectivity index (χ0n) is 17.1. The smallest absolute Gasteiger partial charge is 0.410 e. The summed E-state index contributed by atoms with van der Waals surface area (Å²) in [4.78, 5) is 27.7. The van der Waals surface area contributed by atoms with Crippen LogP contribution >= 0.6 is 0 Å². The Kier molecular flexibility index (Phi) is 6.19. The normalized spacial score (nSPS) is 20.0. The quantitative estimate of drug-likeness (QED) is 0.809. The number of amides is 1. The minimum Gasteiger partial charge on any atom is -0.444 e. The standard InChI is InChI=1S/C20H33N5O2/c1-16-13-22-18(14-21-16)24-11-9-23(10-12-24)15-17-5-7-25(8-6-17)19(26)27-20(2,3)4/h13-14,17H,5-12,15H2,1-4H3. The summed E-state index contributed by atoms with van der Waals surface area (Å²) in [7, 11) is 0. The molecule has 7 heteroatoms. The Balaban J connectivity index is 1.39. The molecule has 1 aromatic heterocycles. The number of piperidine rings is 1. The number of hydrogen-bond donors (Lipinski definition) is 0. The average molecular weight is 376 g/mol. The van der Waals surface area contributed by atoms with E-state index in [4.69, 9.17) is 4.74 Å². The van der Waals surface area contributed by atoms with Crippen LogP contribution in [0.5, 0.6) is 0 Å². The Morgan fingerprint density at radius 3 is 2.30 bits per heavy atom. The largest absolute Gasteiger partial charge is 0.444 e. The van der Waals surface area contributed by atoms with Gasteiger partial charge in [-0.05, 0) is 46.5 Å². The van der Waals surface area contributed by atoms with Gasteiger partial charge in [0.25, 0.3) is 0 Å². The molecular weight excluding hydrogens is 342 g/mol. The predicted molar refractivity (Wildman–Crippen MR) is 106 cm³/mol. The molecule has 0 aromatic carbocycles. The third kappa shape index (κ3) is 5.79. The van der Waals surface area contributed by atoms with Crippen LogP contribution in [-0.4, -0.2) is 77.3 Å². The van der Waals surface area contributed by atoms with Crippen LogP contribution in [0.1, 0.15) is 39.3 Å². The molecule has 0 atom stereocenters. The zero-order valence-corrected chi connectivity index (χ0v) is 17.1. The van der Waals surface area contributed by atoms with E-state index in [0.29, 0.717) is 5.92 Å². The van der Waals surface area contributed by atoms with Gasteiger partial charge in [-0.3, -0.25) is 9.88 Å². The van der Waals surface area contributed by atoms with Crippen LogP contribution in [0.4, 0.5) is 10.6 Å². The first kappa shape index (κ1) is 19.9. The highest BCUT2D eigenvalue weighted by molar-refractivity contribution is 5.68. The van der Waals surface area contributed by atoms with Crippen LogP contribution < -0.4 is 4.90 Å². The highest BCUT2D eigenvalue weighted by atomic mass is 16.6. The first-order valence-corrected chi connectivity index (χ1v) is 10.0. The fourth-order valence-corrected chi connectivity index (χ4v) is 3.70. The van der Waals surface area contributed by atoms with E-state index in [1.165, 1.54) is 0 Å². The maximum atomic E-state index is 12.2. The molecule has 150 valence electrons. The third-order valence-electron chi connectivity index (χ3n) is 5.25. The molecule has 0 bridgehead atoms. The number of carbonyl (C=O) groups is 1. The molecule has 0 aliphatic carbocycles. The number of likely N-dealkylation sites (tertiary alicyclic amines) is 1. The molecule has 2 fully saturated rings. The number of carbonyl (C=O) groups excluding carboxylic acids is 1. The molecule has 0 N–H and O–H groups in total. The number of ether oxygens (including phenoxy) is 1.